The van der Waals surface area contributed by atoms with Gasteiger partial charge in [-0.1, -0.05) is 0 Å². The highest BCUT2D eigenvalue weighted by atomic mass is 32.2. The quantitative estimate of drug-likeness (QED) is 0.467. The first-order valence-corrected chi connectivity index (χ1v) is 5.59. The molecule has 0 heterocycles. The number of sulfonamides is 1. The topological polar surface area (TPSA) is 120 Å². The van der Waals surface area contributed by atoms with Gasteiger partial charge in [-0.15, -0.1) is 0 Å². The van der Waals surface area contributed by atoms with Crippen LogP contribution in [0, 0.1) is 17.0 Å². The zero-order valence-corrected chi connectivity index (χ0v) is 9.02. The molecule has 0 saturated heterocycles. The first-order chi connectivity index (χ1) is 7.27. The van der Waals surface area contributed by atoms with Crippen LogP contribution in [0.15, 0.2) is 17.0 Å². The standard InChI is InChI=1S/C8H8N2O5S/c1-5-2-6(4-11)3-7(10(12)13)8(5)16(9,14)15/h2-4H,1H3,(H2,9,14,15). The van der Waals surface area contributed by atoms with Gasteiger partial charge in [0.1, 0.15) is 6.29 Å². The molecule has 86 valence electrons. The van der Waals surface area contributed by atoms with E-state index in [2.05, 4.69) is 0 Å². The molecule has 0 aromatic heterocycles. The number of aryl methyl sites for hydroxylation is 1. The molecule has 0 bridgehead atoms. The van der Waals surface area contributed by atoms with E-state index < -0.39 is 25.5 Å². The van der Waals surface area contributed by atoms with Crippen LogP contribution in [0.2, 0.25) is 0 Å². The molecule has 16 heavy (non-hydrogen) atoms. The van der Waals surface area contributed by atoms with Crippen LogP contribution >= 0.6 is 0 Å². The Morgan fingerprint density at radius 3 is 2.38 bits per heavy atom. The summed E-state index contributed by atoms with van der Waals surface area (Å²) in [6.07, 6.45) is 0.396. The highest BCUT2D eigenvalue weighted by molar-refractivity contribution is 7.89. The minimum Gasteiger partial charge on any atom is -0.298 e. The summed E-state index contributed by atoms with van der Waals surface area (Å²) in [4.78, 5) is 19.7. The third kappa shape index (κ3) is 2.23. The molecule has 0 amide bonds. The fourth-order valence-electron chi connectivity index (χ4n) is 1.36. The summed E-state index contributed by atoms with van der Waals surface area (Å²) in [7, 11) is -4.19. The Labute approximate surface area is 91.1 Å². The van der Waals surface area contributed by atoms with Crippen molar-refractivity contribution in [1.29, 1.82) is 0 Å². The van der Waals surface area contributed by atoms with Crippen LogP contribution in [0.25, 0.3) is 0 Å². The van der Waals surface area contributed by atoms with E-state index in [4.69, 9.17) is 5.14 Å². The smallest absolute Gasteiger partial charge is 0.290 e. The minimum absolute atomic E-state index is 0.0246. The fraction of sp³-hybridized carbons (Fsp3) is 0.125. The van der Waals surface area contributed by atoms with Crippen LogP contribution < -0.4 is 5.14 Å². The molecule has 1 aromatic rings. The maximum absolute atomic E-state index is 11.2. The molecule has 0 aliphatic rings. The van der Waals surface area contributed by atoms with Gasteiger partial charge in [0.2, 0.25) is 10.0 Å². The summed E-state index contributed by atoms with van der Waals surface area (Å²) in [5.74, 6) is 0. The van der Waals surface area contributed by atoms with Crippen molar-refractivity contribution in [3.8, 4) is 0 Å². The molecular formula is C8H8N2O5S. The first kappa shape index (κ1) is 12.3. The number of rotatable bonds is 3. The Bertz CT molecular complexity index is 564. The second kappa shape index (κ2) is 3.99. The Hall–Kier alpha value is -1.80. The van der Waals surface area contributed by atoms with Crippen molar-refractivity contribution in [3.05, 3.63) is 33.4 Å². The van der Waals surface area contributed by atoms with Gasteiger partial charge in [-0.2, -0.15) is 0 Å². The minimum atomic E-state index is -4.19. The van der Waals surface area contributed by atoms with Gasteiger partial charge in [0.25, 0.3) is 5.69 Å². The van der Waals surface area contributed by atoms with Crippen LogP contribution in [0.3, 0.4) is 0 Å². The average Bonchev–Trinajstić information content (AvgIpc) is 2.14. The second-order valence-corrected chi connectivity index (χ2v) is 4.60. The van der Waals surface area contributed by atoms with E-state index in [1.165, 1.54) is 13.0 Å². The fourth-order valence-corrected chi connectivity index (χ4v) is 2.29. The van der Waals surface area contributed by atoms with Crippen molar-refractivity contribution in [1.82, 2.24) is 0 Å². The molecule has 2 N–H and O–H groups in total. The zero-order chi connectivity index (χ0) is 12.5. The molecule has 1 rings (SSSR count). The number of aldehydes is 1. The molecule has 0 aliphatic heterocycles. The summed E-state index contributed by atoms with van der Waals surface area (Å²) in [6.45, 7) is 1.33. The summed E-state index contributed by atoms with van der Waals surface area (Å²) < 4.78 is 22.3. The van der Waals surface area contributed by atoms with Crippen molar-refractivity contribution in [2.45, 2.75) is 11.8 Å². The summed E-state index contributed by atoms with van der Waals surface area (Å²) in [6, 6.07) is 2.10. The summed E-state index contributed by atoms with van der Waals surface area (Å²) >= 11 is 0. The van der Waals surface area contributed by atoms with Crippen molar-refractivity contribution in [2.75, 3.05) is 0 Å². The number of carbonyl (C=O) groups is 1. The maximum Gasteiger partial charge on any atom is 0.290 e. The monoisotopic (exact) mass is 244 g/mol. The van der Waals surface area contributed by atoms with Crippen molar-refractivity contribution in [2.24, 2.45) is 5.14 Å². The normalized spacial score (nSPS) is 11.1. The molecular weight excluding hydrogens is 236 g/mol. The number of carbonyl (C=O) groups excluding carboxylic acids is 1. The third-order valence-electron chi connectivity index (χ3n) is 1.89. The maximum atomic E-state index is 11.2. The van der Waals surface area contributed by atoms with Gasteiger partial charge in [0.05, 0.1) is 4.92 Å². The predicted molar refractivity (Wildman–Crippen MR) is 54.6 cm³/mol. The lowest BCUT2D eigenvalue weighted by molar-refractivity contribution is -0.387. The van der Waals surface area contributed by atoms with Crippen LogP contribution in [-0.2, 0) is 10.0 Å². The lowest BCUT2D eigenvalue weighted by Crippen LogP contribution is -2.16. The molecule has 1 aromatic carbocycles. The molecule has 0 fully saturated rings. The highest BCUT2D eigenvalue weighted by Crippen LogP contribution is 2.27. The van der Waals surface area contributed by atoms with E-state index in [9.17, 15) is 23.3 Å². The van der Waals surface area contributed by atoms with Crippen LogP contribution in [0.5, 0.6) is 0 Å². The van der Waals surface area contributed by atoms with E-state index >= 15 is 0 Å². The third-order valence-corrected chi connectivity index (χ3v) is 2.99. The number of nitrogens with two attached hydrogens (primary N) is 1. The number of primary sulfonamides is 1. The molecule has 0 spiro atoms. The number of nitro benzene ring substituents is 1. The van der Waals surface area contributed by atoms with Crippen molar-refractivity contribution < 1.29 is 18.1 Å². The number of hydrogen-bond acceptors (Lipinski definition) is 5. The van der Waals surface area contributed by atoms with Gasteiger partial charge >= 0.3 is 0 Å². The molecule has 7 nitrogen and oxygen atoms in total. The average molecular weight is 244 g/mol. The summed E-state index contributed by atoms with van der Waals surface area (Å²) in [5.41, 5.74) is -0.597. The highest BCUT2D eigenvalue weighted by Gasteiger charge is 2.25. The lowest BCUT2D eigenvalue weighted by Gasteiger charge is -2.05. The Morgan fingerprint density at radius 2 is 2.00 bits per heavy atom. The number of benzene rings is 1. The molecule has 8 heteroatoms. The SMILES string of the molecule is Cc1cc(C=O)cc([N+](=O)[O-])c1S(N)(=O)=O. The number of nitrogens with zero attached hydrogens (tertiary/aromatic N) is 1. The molecule has 0 atom stereocenters. The Morgan fingerprint density at radius 1 is 1.44 bits per heavy atom. The predicted octanol–water partition coefficient (Wildman–Crippen LogP) is 0.363. The zero-order valence-electron chi connectivity index (χ0n) is 8.21. The molecule has 0 radical (unpaired) electrons. The van der Waals surface area contributed by atoms with Gasteiger partial charge in [-0.05, 0) is 18.6 Å². The first-order valence-electron chi connectivity index (χ1n) is 4.04. The van der Waals surface area contributed by atoms with Gasteiger partial charge in [-0.3, -0.25) is 14.9 Å². The van der Waals surface area contributed by atoms with Crippen LogP contribution in [0.1, 0.15) is 15.9 Å². The van der Waals surface area contributed by atoms with Gasteiger partial charge < -0.3 is 0 Å². The Balaban J connectivity index is 3.73. The summed E-state index contributed by atoms with van der Waals surface area (Å²) in [5, 5.41) is 15.5. The van der Waals surface area contributed by atoms with Crippen molar-refractivity contribution in [3.63, 3.8) is 0 Å². The lowest BCUT2D eigenvalue weighted by atomic mass is 10.1. The molecule has 0 aliphatic carbocycles. The van der Waals surface area contributed by atoms with E-state index in [0.717, 1.165) is 6.07 Å². The largest absolute Gasteiger partial charge is 0.298 e. The number of hydrogen-bond donors (Lipinski definition) is 1. The van der Waals surface area contributed by atoms with E-state index in [-0.39, 0.29) is 11.1 Å². The van der Waals surface area contributed by atoms with Gasteiger partial charge in [0, 0.05) is 11.6 Å². The number of nitro groups is 1. The molecule has 0 unspecified atom stereocenters. The van der Waals surface area contributed by atoms with E-state index in [0.29, 0.717) is 6.29 Å². The van der Waals surface area contributed by atoms with Gasteiger partial charge in [-0.25, -0.2) is 13.6 Å². The second-order valence-electron chi connectivity index (χ2n) is 3.11. The van der Waals surface area contributed by atoms with Gasteiger partial charge in [0.15, 0.2) is 4.90 Å². The molecule has 0 saturated carbocycles. The van der Waals surface area contributed by atoms with E-state index in [1.54, 1.807) is 0 Å². The van der Waals surface area contributed by atoms with Crippen molar-refractivity contribution >= 4 is 22.0 Å². The van der Waals surface area contributed by atoms with E-state index in [1.807, 2.05) is 0 Å². The van der Waals surface area contributed by atoms with Crippen LogP contribution in [-0.4, -0.2) is 19.6 Å². The van der Waals surface area contributed by atoms with Crippen LogP contribution in [0.4, 0.5) is 5.69 Å². The Kier molecular flexibility index (Phi) is 3.06.